The van der Waals surface area contributed by atoms with Crippen molar-refractivity contribution in [1.82, 2.24) is 0 Å². The maximum absolute atomic E-state index is 6.55. The Hall–Kier alpha value is -4.22. The summed E-state index contributed by atoms with van der Waals surface area (Å²) < 4.78 is 27.1. The zero-order valence-corrected chi connectivity index (χ0v) is 28.7. The van der Waals surface area contributed by atoms with Gasteiger partial charge in [-0.15, -0.1) is 0 Å². The molecule has 0 radical (unpaired) electrons. The first-order valence-corrected chi connectivity index (χ1v) is 16.8. The van der Waals surface area contributed by atoms with Crippen molar-refractivity contribution < 1.29 is 35.9 Å². The van der Waals surface area contributed by atoms with Crippen molar-refractivity contribution in [3.05, 3.63) is 113 Å². The normalized spacial score (nSPS) is 11.7. The molecule has 6 rings (SSSR count). The topological polar surface area (TPSA) is 40.8 Å². The molecule has 0 saturated carbocycles. The fourth-order valence-electron chi connectivity index (χ4n) is 6.66. The van der Waals surface area contributed by atoms with E-state index >= 15 is 0 Å². The summed E-state index contributed by atoms with van der Waals surface area (Å²) in [5.41, 5.74) is 7.40. The molecule has 1 aliphatic heterocycles. The molecule has 6 heteroatoms. The molecule has 0 amide bonds. The van der Waals surface area contributed by atoms with E-state index in [9.17, 15) is 0 Å². The quantitative estimate of drug-likeness (QED) is 0.0966. The van der Waals surface area contributed by atoms with Crippen LogP contribution in [0.2, 0.25) is 0 Å². The van der Waals surface area contributed by atoms with E-state index in [1.807, 2.05) is 42.5 Å². The number of ether oxygens (including phenoxy) is 4. The molecule has 47 heavy (non-hydrogen) atoms. The first kappa shape index (κ1) is 34.1. The lowest BCUT2D eigenvalue weighted by atomic mass is 9.89. The Bertz CT molecular complexity index is 1760. The first-order chi connectivity index (χ1) is 22.7. The first-order valence-electron chi connectivity index (χ1n) is 16.8. The van der Waals surface area contributed by atoms with Crippen LogP contribution in [0.25, 0.3) is 22.0 Å². The number of pyridine rings is 1. The number of unbranched alkanes of at least 4 members (excludes halogenated alkanes) is 5. The predicted molar refractivity (Wildman–Crippen MR) is 185 cm³/mol. The van der Waals surface area contributed by atoms with Gasteiger partial charge in [-0.25, -0.2) is 0 Å². The van der Waals surface area contributed by atoms with E-state index in [0.717, 1.165) is 65.3 Å². The summed E-state index contributed by atoms with van der Waals surface area (Å²) in [6.45, 7) is 4.11. The average molecular weight is 652 g/mol. The maximum atomic E-state index is 6.55. The van der Waals surface area contributed by atoms with Gasteiger partial charge < -0.3 is 31.4 Å². The van der Waals surface area contributed by atoms with E-state index in [1.54, 1.807) is 14.2 Å². The standard InChI is InChI=1S/C41H46NO4.ClH/c1-4-5-6-7-8-15-20-34-33-21-22-37(43-2)41(44-3)36(33)27-42-24-23-32-25-38(45-28-30-16-11-9-12-17-30)39(26-35(32)40(34)42)46-29-31-18-13-10-14-19-31;/h9-14,16-19,21-22,25-27H,4-8,15,20,23-24,28-29H2,1-3H3;1H/q+1;/p-1. The van der Waals surface area contributed by atoms with Crippen molar-refractivity contribution in [2.75, 3.05) is 14.2 Å². The van der Waals surface area contributed by atoms with Crippen LogP contribution >= 0.6 is 0 Å². The number of hydrogen-bond acceptors (Lipinski definition) is 4. The number of rotatable bonds is 15. The summed E-state index contributed by atoms with van der Waals surface area (Å²) >= 11 is 0. The van der Waals surface area contributed by atoms with Gasteiger partial charge in [-0.1, -0.05) is 99.7 Å². The lowest BCUT2D eigenvalue weighted by molar-refractivity contribution is -0.686. The van der Waals surface area contributed by atoms with E-state index in [1.165, 1.54) is 59.9 Å². The van der Waals surface area contributed by atoms with Crippen LogP contribution in [0.3, 0.4) is 0 Å². The number of benzene rings is 4. The van der Waals surface area contributed by atoms with Crippen molar-refractivity contribution in [3.63, 3.8) is 0 Å². The van der Waals surface area contributed by atoms with Crippen molar-refractivity contribution in [1.29, 1.82) is 0 Å². The summed E-state index contributed by atoms with van der Waals surface area (Å²) in [5.74, 6) is 3.11. The summed E-state index contributed by atoms with van der Waals surface area (Å²) in [7, 11) is 3.44. The Balaban J connectivity index is 0.00000433. The second kappa shape index (κ2) is 16.6. The molecule has 0 fully saturated rings. The molecule has 0 atom stereocenters. The van der Waals surface area contributed by atoms with Crippen molar-refractivity contribution in [2.24, 2.45) is 0 Å². The number of halogens is 1. The molecule has 0 bridgehead atoms. The monoisotopic (exact) mass is 651 g/mol. The molecule has 246 valence electrons. The van der Waals surface area contributed by atoms with Gasteiger partial charge in [-0.05, 0) is 53.8 Å². The van der Waals surface area contributed by atoms with Crippen LogP contribution in [0.1, 0.15) is 67.7 Å². The van der Waals surface area contributed by atoms with Crippen molar-refractivity contribution in [3.8, 4) is 34.3 Å². The van der Waals surface area contributed by atoms with Gasteiger partial charge in [-0.2, -0.15) is 4.57 Å². The number of aryl methyl sites for hydroxylation is 3. The Labute approximate surface area is 285 Å². The van der Waals surface area contributed by atoms with Crippen LogP contribution in [-0.2, 0) is 32.6 Å². The Kier molecular flexibility index (Phi) is 12.0. The van der Waals surface area contributed by atoms with Crippen LogP contribution in [-0.4, -0.2) is 14.2 Å². The number of fused-ring (bicyclic) bond motifs is 4. The van der Waals surface area contributed by atoms with Crippen LogP contribution < -0.4 is 35.9 Å². The van der Waals surface area contributed by atoms with Crippen LogP contribution in [0.15, 0.2) is 91.1 Å². The molecule has 2 heterocycles. The molecule has 5 aromatic rings. The third-order valence-corrected chi connectivity index (χ3v) is 9.07. The van der Waals surface area contributed by atoms with Crippen LogP contribution in [0, 0.1) is 0 Å². The number of methoxy groups -OCH3 is 2. The molecular formula is C41H46ClNO4. The SMILES string of the molecule is CCCCCCCCc1c2[n+](cc3c(OC)c(OC)ccc13)CCc1cc(OCc3ccccc3)c(OCc3ccccc3)cc1-2.[Cl-]. The average Bonchev–Trinajstić information content (AvgIpc) is 3.10. The highest BCUT2D eigenvalue weighted by atomic mass is 35.5. The van der Waals surface area contributed by atoms with Crippen LogP contribution in [0.5, 0.6) is 23.0 Å². The molecule has 4 aromatic carbocycles. The summed E-state index contributed by atoms with van der Waals surface area (Å²) in [6, 6.07) is 29.3. The number of nitrogens with zero attached hydrogens (tertiary/aromatic N) is 1. The van der Waals surface area contributed by atoms with Gasteiger partial charge in [0.05, 0.1) is 25.2 Å². The minimum Gasteiger partial charge on any atom is -1.00 e. The fraction of sp³-hybridized carbons (Fsp3) is 0.341. The third-order valence-electron chi connectivity index (χ3n) is 9.07. The Morgan fingerprint density at radius 1 is 0.660 bits per heavy atom. The zero-order valence-electron chi connectivity index (χ0n) is 27.9. The molecule has 1 aromatic heterocycles. The smallest absolute Gasteiger partial charge is 0.216 e. The highest BCUT2D eigenvalue weighted by molar-refractivity contribution is 5.95. The largest absolute Gasteiger partial charge is 1.00 e. The molecule has 5 nitrogen and oxygen atoms in total. The molecule has 0 unspecified atom stereocenters. The van der Waals surface area contributed by atoms with E-state index < -0.39 is 0 Å². The second-order valence-electron chi connectivity index (χ2n) is 12.2. The summed E-state index contributed by atoms with van der Waals surface area (Å²) in [5, 5.41) is 2.32. The van der Waals surface area contributed by atoms with Gasteiger partial charge in [0.1, 0.15) is 13.2 Å². The fourth-order valence-corrected chi connectivity index (χ4v) is 6.66. The minimum absolute atomic E-state index is 0. The van der Waals surface area contributed by atoms with Crippen LogP contribution in [0.4, 0.5) is 0 Å². The van der Waals surface area contributed by atoms with E-state index in [2.05, 4.69) is 60.2 Å². The zero-order chi connectivity index (χ0) is 31.7. The second-order valence-corrected chi connectivity index (χ2v) is 12.2. The Morgan fingerprint density at radius 2 is 1.30 bits per heavy atom. The molecular weight excluding hydrogens is 606 g/mol. The summed E-state index contributed by atoms with van der Waals surface area (Å²) in [4.78, 5) is 0. The lowest BCUT2D eigenvalue weighted by Crippen LogP contribution is -3.00. The number of hydrogen-bond donors (Lipinski definition) is 0. The maximum Gasteiger partial charge on any atom is 0.216 e. The van der Waals surface area contributed by atoms with E-state index in [-0.39, 0.29) is 12.4 Å². The Morgan fingerprint density at radius 3 is 1.94 bits per heavy atom. The highest BCUT2D eigenvalue weighted by Gasteiger charge is 2.31. The van der Waals surface area contributed by atoms with Gasteiger partial charge in [0, 0.05) is 17.4 Å². The molecule has 0 spiro atoms. The van der Waals surface area contributed by atoms with Gasteiger partial charge in [0.15, 0.2) is 35.7 Å². The van der Waals surface area contributed by atoms with Crippen molar-refractivity contribution >= 4 is 10.8 Å². The molecule has 0 saturated heterocycles. The summed E-state index contributed by atoms with van der Waals surface area (Å²) in [6.07, 6.45) is 11.7. The lowest BCUT2D eigenvalue weighted by Gasteiger charge is -2.23. The highest BCUT2D eigenvalue weighted by Crippen LogP contribution is 2.43. The minimum atomic E-state index is 0. The van der Waals surface area contributed by atoms with Gasteiger partial charge in [0.25, 0.3) is 0 Å². The predicted octanol–water partition coefficient (Wildman–Crippen LogP) is 6.43. The van der Waals surface area contributed by atoms with Gasteiger partial charge in [0.2, 0.25) is 5.69 Å². The van der Waals surface area contributed by atoms with Gasteiger partial charge >= 0.3 is 0 Å². The molecule has 0 aliphatic carbocycles. The third kappa shape index (κ3) is 7.85. The van der Waals surface area contributed by atoms with Crippen molar-refractivity contribution in [2.45, 2.75) is 78.0 Å². The molecule has 1 aliphatic rings. The van der Waals surface area contributed by atoms with E-state index in [4.69, 9.17) is 18.9 Å². The molecule has 0 N–H and O–H groups in total. The van der Waals surface area contributed by atoms with E-state index in [0.29, 0.717) is 13.2 Å². The number of aromatic nitrogens is 1. The van der Waals surface area contributed by atoms with Gasteiger partial charge in [-0.3, -0.25) is 0 Å².